The Bertz CT molecular complexity index is 1310. The zero-order valence-corrected chi connectivity index (χ0v) is 19.1. The van der Waals surface area contributed by atoms with Gasteiger partial charge in [0.2, 0.25) is 5.95 Å². The van der Waals surface area contributed by atoms with Crippen LogP contribution in [-0.4, -0.2) is 31.3 Å². The van der Waals surface area contributed by atoms with E-state index in [0.717, 1.165) is 4.88 Å². The third kappa shape index (κ3) is 4.74. The van der Waals surface area contributed by atoms with E-state index in [4.69, 9.17) is 16.3 Å². The molecule has 0 saturated heterocycles. The predicted octanol–water partition coefficient (Wildman–Crippen LogP) is 4.44. The molecule has 0 unspecified atom stereocenters. The highest BCUT2D eigenvalue weighted by Crippen LogP contribution is 2.28. The van der Waals surface area contributed by atoms with E-state index in [0.29, 0.717) is 28.0 Å². The van der Waals surface area contributed by atoms with Gasteiger partial charge in [-0.3, -0.25) is 14.6 Å². The molecule has 0 aliphatic rings. The van der Waals surface area contributed by atoms with Crippen molar-refractivity contribution >= 4 is 34.7 Å². The number of amides is 1. The van der Waals surface area contributed by atoms with Crippen molar-refractivity contribution in [2.24, 2.45) is 0 Å². The normalized spacial score (nSPS) is 11.4. The lowest BCUT2D eigenvalue weighted by atomic mass is 10.1. The molecule has 0 fully saturated rings. The number of halogens is 1. The average molecular weight is 470 g/mol. The zero-order valence-electron chi connectivity index (χ0n) is 17.5. The van der Waals surface area contributed by atoms with Crippen LogP contribution >= 0.6 is 22.9 Å². The Morgan fingerprint density at radius 2 is 1.97 bits per heavy atom. The largest absolute Gasteiger partial charge is 0.478 e. The van der Waals surface area contributed by atoms with Gasteiger partial charge in [0.1, 0.15) is 17.3 Å². The SMILES string of the molecule is Cc1cc(=O)[nH]c(-n2nc(-c3cccs3)cc2NC(=O)C(C)(C)Oc2ccc(Cl)cc2)n1. The standard InChI is InChI=1S/C22H20ClN5O3S/c1-13-11-19(29)26-21(24-13)28-18(12-16(27-28)17-5-4-10-32-17)25-20(30)22(2,3)31-15-8-6-14(23)7-9-15/h4-12H,1-3H3,(H,25,30)(H,24,26,29). The maximum atomic E-state index is 13.1. The minimum Gasteiger partial charge on any atom is -0.478 e. The van der Waals surface area contributed by atoms with Crippen molar-refractivity contribution in [3.63, 3.8) is 0 Å². The maximum absolute atomic E-state index is 13.1. The molecule has 4 rings (SSSR count). The molecule has 0 saturated carbocycles. The summed E-state index contributed by atoms with van der Waals surface area (Å²) in [5.41, 5.74) is -0.361. The maximum Gasteiger partial charge on any atom is 0.269 e. The molecule has 0 aliphatic heterocycles. The third-order valence-electron chi connectivity index (χ3n) is 4.52. The van der Waals surface area contributed by atoms with Crippen LogP contribution in [0.15, 0.2) is 58.7 Å². The van der Waals surface area contributed by atoms with Crippen molar-refractivity contribution in [2.75, 3.05) is 5.32 Å². The number of aromatic amines is 1. The average Bonchev–Trinajstić information content (AvgIpc) is 3.39. The summed E-state index contributed by atoms with van der Waals surface area (Å²) in [7, 11) is 0. The van der Waals surface area contributed by atoms with E-state index in [1.54, 1.807) is 51.1 Å². The first kappa shape index (κ1) is 21.8. The summed E-state index contributed by atoms with van der Waals surface area (Å²) in [6.07, 6.45) is 0. The number of carbonyl (C=O) groups is 1. The molecule has 3 aromatic heterocycles. The lowest BCUT2D eigenvalue weighted by Gasteiger charge is -2.25. The second kappa shape index (κ2) is 8.60. The number of H-pyrrole nitrogens is 1. The van der Waals surface area contributed by atoms with Crippen molar-refractivity contribution in [1.29, 1.82) is 0 Å². The number of aryl methyl sites for hydroxylation is 1. The number of hydrogen-bond acceptors (Lipinski definition) is 6. The summed E-state index contributed by atoms with van der Waals surface area (Å²) >= 11 is 7.43. The van der Waals surface area contributed by atoms with Gasteiger partial charge < -0.3 is 10.1 Å². The van der Waals surface area contributed by atoms with Crippen LogP contribution in [0.5, 0.6) is 5.75 Å². The second-order valence-electron chi connectivity index (χ2n) is 7.53. The summed E-state index contributed by atoms with van der Waals surface area (Å²) in [5, 5.41) is 9.92. The van der Waals surface area contributed by atoms with Crippen molar-refractivity contribution < 1.29 is 9.53 Å². The fraction of sp³-hybridized carbons (Fsp3) is 0.182. The van der Waals surface area contributed by atoms with Gasteiger partial charge in [-0.1, -0.05) is 17.7 Å². The number of hydrogen-bond donors (Lipinski definition) is 2. The highest BCUT2D eigenvalue weighted by Gasteiger charge is 2.31. The molecule has 8 nitrogen and oxygen atoms in total. The van der Waals surface area contributed by atoms with Gasteiger partial charge in [0.15, 0.2) is 5.60 Å². The van der Waals surface area contributed by atoms with Crippen LogP contribution in [0.4, 0.5) is 5.82 Å². The van der Waals surface area contributed by atoms with Crippen molar-refractivity contribution in [3.05, 3.63) is 75.0 Å². The van der Waals surface area contributed by atoms with E-state index in [1.807, 2.05) is 17.5 Å². The van der Waals surface area contributed by atoms with Crippen LogP contribution in [0.25, 0.3) is 16.5 Å². The molecule has 3 heterocycles. The van der Waals surface area contributed by atoms with Gasteiger partial charge in [-0.25, -0.2) is 4.98 Å². The van der Waals surface area contributed by atoms with Crippen molar-refractivity contribution in [3.8, 4) is 22.3 Å². The van der Waals surface area contributed by atoms with E-state index in [1.165, 1.54) is 22.1 Å². The minimum absolute atomic E-state index is 0.199. The molecule has 1 amide bonds. The Morgan fingerprint density at radius 1 is 1.22 bits per heavy atom. The second-order valence-corrected chi connectivity index (χ2v) is 8.92. The van der Waals surface area contributed by atoms with Crippen LogP contribution in [0, 0.1) is 6.92 Å². The van der Waals surface area contributed by atoms with Gasteiger partial charge >= 0.3 is 0 Å². The van der Waals surface area contributed by atoms with Crippen LogP contribution < -0.4 is 15.6 Å². The Morgan fingerprint density at radius 3 is 2.62 bits per heavy atom. The molecule has 0 atom stereocenters. The first-order chi connectivity index (χ1) is 15.2. The number of benzene rings is 1. The number of nitrogens with zero attached hydrogens (tertiary/aromatic N) is 3. The zero-order chi connectivity index (χ0) is 22.9. The van der Waals surface area contributed by atoms with E-state index in [-0.39, 0.29) is 11.5 Å². The fourth-order valence-electron chi connectivity index (χ4n) is 2.95. The number of rotatable bonds is 6. The Kier molecular flexibility index (Phi) is 5.86. The van der Waals surface area contributed by atoms with Crippen LogP contribution in [0.2, 0.25) is 5.02 Å². The lowest BCUT2D eigenvalue weighted by Crippen LogP contribution is -2.43. The monoisotopic (exact) mass is 469 g/mol. The van der Waals surface area contributed by atoms with Gasteiger partial charge in [-0.15, -0.1) is 11.3 Å². The number of carbonyl (C=O) groups excluding carboxylic acids is 1. The summed E-state index contributed by atoms with van der Waals surface area (Å²) < 4.78 is 7.28. The van der Waals surface area contributed by atoms with Gasteiger partial charge in [0, 0.05) is 22.8 Å². The van der Waals surface area contributed by atoms with Gasteiger partial charge in [-0.05, 0) is 56.5 Å². The summed E-state index contributed by atoms with van der Waals surface area (Å²) in [4.78, 5) is 33.0. The lowest BCUT2D eigenvalue weighted by molar-refractivity contribution is -0.128. The van der Waals surface area contributed by atoms with E-state index < -0.39 is 11.5 Å². The van der Waals surface area contributed by atoms with E-state index in [9.17, 15) is 9.59 Å². The molecule has 2 N–H and O–H groups in total. The highest BCUT2D eigenvalue weighted by atomic mass is 35.5. The molecule has 164 valence electrons. The number of aromatic nitrogens is 4. The van der Waals surface area contributed by atoms with Gasteiger partial charge in [-0.2, -0.15) is 9.78 Å². The van der Waals surface area contributed by atoms with E-state index in [2.05, 4.69) is 20.4 Å². The molecular weight excluding hydrogens is 450 g/mol. The molecule has 0 bridgehead atoms. The Labute approximate surface area is 192 Å². The topological polar surface area (TPSA) is 102 Å². The third-order valence-corrected chi connectivity index (χ3v) is 5.66. The number of nitrogens with one attached hydrogen (secondary N) is 2. The van der Waals surface area contributed by atoms with Gasteiger partial charge in [0.25, 0.3) is 11.5 Å². The number of thiophene rings is 1. The first-order valence-corrected chi connectivity index (χ1v) is 11.0. The molecule has 0 radical (unpaired) electrons. The fourth-order valence-corrected chi connectivity index (χ4v) is 3.76. The minimum atomic E-state index is -1.21. The van der Waals surface area contributed by atoms with Gasteiger partial charge in [0.05, 0.1) is 4.88 Å². The van der Waals surface area contributed by atoms with Crippen LogP contribution in [0.3, 0.4) is 0 Å². The molecule has 0 spiro atoms. The Balaban J connectivity index is 1.67. The van der Waals surface area contributed by atoms with E-state index >= 15 is 0 Å². The molecule has 10 heteroatoms. The predicted molar refractivity (Wildman–Crippen MR) is 125 cm³/mol. The summed E-state index contributed by atoms with van der Waals surface area (Å²) in [6.45, 7) is 5.03. The van der Waals surface area contributed by atoms with Crippen molar-refractivity contribution in [2.45, 2.75) is 26.4 Å². The summed E-state index contributed by atoms with van der Waals surface area (Å²) in [6, 6.07) is 13.7. The quantitative estimate of drug-likeness (QED) is 0.434. The Hall–Kier alpha value is -3.43. The summed E-state index contributed by atoms with van der Waals surface area (Å²) in [5.74, 6) is 0.651. The smallest absolute Gasteiger partial charge is 0.269 e. The molecule has 32 heavy (non-hydrogen) atoms. The number of ether oxygens (including phenoxy) is 1. The molecule has 1 aromatic carbocycles. The van der Waals surface area contributed by atoms with Crippen molar-refractivity contribution in [1.82, 2.24) is 19.7 Å². The van der Waals surface area contributed by atoms with Crippen LogP contribution in [-0.2, 0) is 4.79 Å². The highest BCUT2D eigenvalue weighted by molar-refractivity contribution is 7.13. The molecular formula is C22H20ClN5O3S. The molecule has 0 aliphatic carbocycles. The molecule has 4 aromatic rings. The van der Waals surface area contributed by atoms with Crippen LogP contribution in [0.1, 0.15) is 19.5 Å². The first-order valence-electron chi connectivity index (χ1n) is 9.69. The number of anilines is 1.